The molecule has 1 aliphatic carbocycles. The zero-order valence-electron chi connectivity index (χ0n) is 9.03. The first-order chi connectivity index (χ1) is 6.70. The molecule has 0 aliphatic heterocycles. The van der Waals surface area contributed by atoms with Gasteiger partial charge >= 0.3 is 5.97 Å². The quantitative estimate of drug-likeness (QED) is 0.706. The van der Waals surface area contributed by atoms with Crippen LogP contribution in [0.25, 0.3) is 0 Å². The summed E-state index contributed by atoms with van der Waals surface area (Å²) in [4.78, 5) is 11.6. The predicted molar refractivity (Wildman–Crippen MR) is 53.8 cm³/mol. The van der Waals surface area contributed by atoms with Gasteiger partial charge in [-0.3, -0.25) is 4.79 Å². The summed E-state index contributed by atoms with van der Waals surface area (Å²) in [5.74, 6) is -0.196. The molecule has 82 valence electrons. The summed E-state index contributed by atoms with van der Waals surface area (Å²) in [7, 11) is 0. The van der Waals surface area contributed by atoms with Gasteiger partial charge in [0.2, 0.25) is 0 Å². The van der Waals surface area contributed by atoms with Crippen molar-refractivity contribution in [2.45, 2.75) is 45.6 Å². The number of hydrogen-bond donors (Lipinski definition) is 1. The van der Waals surface area contributed by atoms with Crippen LogP contribution in [0.2, 0.25) is 0 Å². The molecule has 1 saturated carbocycles. The van der Waals surface area contributed by atoms with Crippen molar-refractivity contribution < 1.29 is 14.6 Å². The molecule has 0 heterocycles. The van der Waals surface area contributed by atoms with Crippen LogP contribution < -0.4 is 0 Å². The van der Waals surface area contributed by atoms with Crippen molar-refractivity contribution >= 4 is 5.97 Å². The second-order valence-electron chi connectivity index (χ2n) is 3.94. The van der Waals surface area contributed by atoms with Crippen LogP contribution in [0.4, 0.5) is 0 Å². The largest absolute Gasteiger partial charge is 0.466 e. The first kappa shape index (κ1) is 11.5. The Morgan fingerprint density at radius 3 is 2.71 bits per heavy atom. The smallest absolute Gasteiger partial charge is 0.311 e. The SMILES string of the molecule is CCOC(=O)[C@H]1[C@@H](CC)CCC[C@H]1O. The molecule has 0 saturated heterocycles. The lowest BCUT2D eigenvalue weighted by Crippen LogP contribution is -2.39. The lowest BCUT2D eigenvalue weighted by Gasteiger charge is -2.33. The highest BCUT2D eigenvalue weighted by molar-refractivity contribution is 5.73. The summed E-state index contributed by atoms with van der Waals surface area (Å²) in [6.45, 7) is 4.27. The molecule has 0 aromatic rings. The van der Waals surface area contributed by atoms with E-state index in [0.29, 0.717) is 12.5 Å². The number of carbonyl (C=O) groups excluding carboxylic acids is 1. The van der Waals surface area contributed by atoms with E-state index in [9.17, 15) is 9.90 Å². The zero-order valence-corrected chi connectivity index (χ0v) is 9.03. The normalized spacial score (nSPS) is 32.6. The number of aliphatic hydroxyl groups is 1. The van der Waals surface area contributed by atoms with Gasteiger partial charge in [0, 0.05) is 0 Å². The van der Waals surface area contributed by atoms with Crippen LogP contribution >= 0.6 is 0 Å². The highest BCUT2D eigenvalue weighted by Crippen LogP contribution is 2.33. The van der Waals surface area contributed by atoms with Gasteiger partial charge in [-0.2, -0.15) is 0 Å². The first-order valence-electron chi connectivity index (χ1n) is 5.55. The van der Waals surface area contributed by atoms with Crippen molar-refractivity contribution in [2.75, 3.05) is 6.61 Å². The van der Waals surface area contributed by atoms with Gasteiger partial charge in [0.05, 0.1) is 18.6 Å². The van der Waals surface area contributed by atoms with E-state index in [2.05, 4.69) is 6.92 Å². The maximum absolute atomic E-state index is 11.6. The molecule has 0 aromatic heterocycles. The van der Waals surface area contributed by atoms with E-state index in [1.54, 1.807) is 6.92 Å². The van der Waals surface area contributed by atoms with E-state index in [-0.39, 0.29) is 11.9 Å². The summed E-state index contributed by atoms with van der Waals surface area (Å²) < 4.78 is 4.98. The van der Waals surface area contributed by atoms with E-state index in [1.807, 2.05) is 0 Å². The molecule has 0 bridgehead atoms. The van der Waals surface area contributed by atoms with Gasteiger partial charge in [-0.25, -0.2) is 0 Å². The van der Waals surface area contributed by atoms with Crippen molar-refractivity contribution in [3.05, 3.63) is 0 Å². The Labute approximate surface area is 85.5 Å². The number of hydrogen-bond acceptors (Lipinski definition) is 3. The molecule has 0 amide bonds. The number of aliphatic hydroxyl groups excluding tert-OH is 1. The molecule has 3 nitrogen and oxygen atoms in total. The van der Waals surface area contributed by atoms with E-state index in [1.165, 1.54) is 0 Å². The minimum Gasteiger partial charge on any atom is -0.466 e. The molecule has 3 heteroatoms. The minimum atomic E-state index is -0.493. The van der Waals surface area contributed by atoms with Gasteiger partial charge in [-0.1, -0.05) is 19.8 Å². The van der Waals surface area contributed by atoms with E-state index in [0.717, 1.165) is 25.7 Å². The third-order valence-electron chi connectivity index (χ3n) is 3.08. The lowest BCUT2D eigenvalue weighted by molar-refractivity contribution is -0.157. The van der Waals surface area contributed by atoms with E-state index < -0.39 is 6.10 Å². The second kappa shape index (κ2) is 5.35. The number of rotatable bonds is 3. The van der Waals surface area contributed by atoms with Crippen LogP contribution in [0, 0.1) is 11.8 Å². The van der Waals surface area contributed by atoms with Crippen molar-refractivity contribution in [3.63, 3.8) is 0 Å². The Morgan fingerprint density at radius 2 is 2.14 bits per heavy atom. The van der Waals surface area contributed by atoms with Crippen molar-refractivity contribution in [3.8, 4) is 0 Å². The fourth-order valence-corrected chi connectivity index (χ4v) is 2.31. The van der Waals surface area contributed by atoms with Crippen LogP contribution in [0.1, 0.15) is 39.5 Å². The molecule has 0 spiro atoms. The zero-order chi connectivity index (χ0) is 10.6. The van der Waals surface area contributed by atoms with E-state index in [4.69, 9.17) is 4.74 Å². The number of esters is 1. The summed E-state index contributed by atoms with van der Waals surface area (Å²) in [6, 6.07) is 0. The maximum atomic E-state index is 11.6. The number of ether oxygens (including phenoxy) is 1. The van der Waals surface area contributed by atoms with Crippen LogP contribution in [0.3, 0.4) is 0 Å². The van der Waals surface area contributed by atoms with Crippen molar-refractivity contribution in [1.82, 2.24) is 0 Å². The van der Waals surface area contributed by atoms with E-state index >= 15 is 0 Å². The Kier molecular flexibility index (Phi) is 4.39. The van der Waals surface area contributed by atoms with Gasteiger partial charge in [-0.05, 0) is 25.7 Å². The highest BCUT2D eigenvalue weighted by Gasteiger charge is 2.37. The van der Waals surface area contributed by atoms with Crippen LogP contribution in [0.5, 0.6) is 0 Å². The Hall–Kier alpha value is -0.570. The third kappa shape index (κ3) is 2.47. The third-order valence-corrected chi connectivity index (χ3v) is 3.08. The average Bonchev–Trinajstić information content (AvgIpc) is 2.17. The van der Waals surface area contributed by atoms with Crippen LogP contribution in [-0.4, -0.2) is 23.8 Å². The molecule has 1 N–H and O–H groups in total. The van der Waals surface area contributed by atoms with Gasteiger partial charge in [-0.15, -0.1) is 0 Å². The molecule has 0 unspecified atom stereocenters. The molecule has 1 rings (SSSR count). The molecule has 3 atom stereocenters. The van der Waals surface area contributed by atoms with Crippen molar-refractivity contribution in [1.29, 1.82) is 0 Å². The maximum Gasteiger partial charge on any atom is 0.311 e. The van der Waals surface area contributed by atoms with Gasteiger partial charge in [0.25, 0.3) is 0 Å². The number of carbonyl (C=O) groups is 1. The molecule has 1 aliphatic rings. The summed E-state index contributed by atoms with van der Waals surface area (Å²) in [5, 5.41) is 9.77. The Morgan fingerprint density at radius 1 is 1.43 bits per heavy atom. The summed E-state index contributed by atoms with van der Waals surface area (Å²) in [5.41, 5.74) is 0. The summed E-state index contributed by atoms with van der Waals surface area (Å²) in [6.07, 6.45) is 3.25. The minimum absolute atomic E-state index is 0.216. The molecule has 0 radical (unpaired) electrons. The van der Waals surface area contributed by atoms with Crippen molar-refractivity contribution in [2.24, 2.45) is 11.8 Å². The molecule has 1 fully saturated rings. The topological polar surface area (TPSA) is 46.5 Å². The highest BCUT2D eigenvalue weighted by atomic mass is 16.5. The van der Waals surface area contributed by atoms with Gasteiger partial charge in [0.15, 0.2) is 0 Å². The molecular weight excluding hydrogens is 180 g/mol. The van der Waals surface area contributed by atoms with Crippen LogP contribution in [-0.2, 0) is 9.53 Å². The van der Waals surface area contributed by atoms with Crippen LogP contribution in [0.15, 0.2) is 0 Å². The Balaban J connectivity index is 2.63. The average molecular weight is 200 g/mol. The Bertz CT molecular complexity index is 191. The second-order valence-corrected chi connectivity index (χ2v) is 3.94. The molecular formula is C11H20O3. The van der Waals surface area contributed by atoms with Gasteiger partial charge in [0.1, 0.15) is 0 Å². The predicted octanol–water partition coefficient (Wildman–Crippen LogP) is 1.74. The molecule has 0 aromatic carbocycles. The monoisotopic (exact) mass is 200 g/mol. The molecule has 14 heavy (non-hydrogen) atoms. The fourth-order valence-electron chi connectivity index (χ4n) is 2.31. The first-order valence-corrected chi connectivity index (χ1v) is 5.55. The summed E-state index contributed by atoms with van der Waals surface area (Å²) >= 11 is 0. The fraction of sp³-hybridized carbons (Fsp3) is 0.909. The standard InChI is InChI=1S/C11H20O3/c1-3-8-6-5-7-9(12)10(8)11(13)14-4-2/h8-10,12H,3-7H2,1-2H3/t8-,9+,10-/m0/s1. The van der Waals surface area contributed by atoms with Gasteiger partial charge < -0.3 is 9.84 Å². The lowest BCUT2D eigenvalue weighted by atomic mass is 9.76.